The smallest absolute Gasteiger partial charge is 0.121 e. The Morgan fingerprint density at radius 2 is 1.30 bits per heavy atom. The lowest BCUT2D eigenvalue weighted by Crippen LogP contribution is -2.23. The summed E-state index contributed by atoms with van der Waals surface area (Å²) in [5, 5.41) is 2.12. The van der Waals surface area contributed by atoms with Gasteiger partial charge in [0, 0.05) is 11.4 Å². The van der Waals surface area contributed by atoms with Gasteiger partial charge in [0.25, 0.3) is 0 Å². The zero-order chi connectivity index (χ0) is 18.1. The summed E-state index contributed by atoms with van der Waals surface area (Å²) >= 11 is 1.78. The Labute approximate surface area is 160 Å². The van der Waals surface area contributed by atoms with Gasteiger partial charge in [-0.2, -0.15) is 0 Å². The first-order valence-corrected chi connectivity index (χ1v) is 9.83. The van der Waals surface area contributed by atoms with Crippen molar-refractivity contribution in [3.63, 3.8) is 0 Å². The number of nitrogens with one attached hydrogen (secondary N) is 2. The van der Waals surface area contributed by atoms with Crippen LogP contribution in [0.15, 0.2) is 66.0 Å². The molecule has 0 spiro atoms. The maximum absolute atomic E-state index is 4.74. The van der Waals surface area contributed by atoms with Crippen LogP contribution in [0.3, 0.4) is 0 Å². The topological polar surface area (TPSA) is 60.6 Å². The average molecular weight is 373 g/mol. The minimum absolute atomic E-state index is 0.740. The summed E-state index contributed by atoms with van der Waals surface area (Å²) in [6.07, 6.45) is 0. The number of nitrogens with zero attached hydrogens (tertiary/aromatic N) is 3. The van der Waals surface area contributed by atoms with Crippen molar-refractivity contribution in [2.24, 2.45) is 0 Å². The molecule has 0 amide bonds. The third kappa shape index (κ3) is 3.49. The molecular formula is C21H19N5S. The molecule has 0 radical (unpaired) electrons. The van der Waals surface area contributed by atoms with Crippen LogP contribution < -0.4 is 0 Å². The van der Waals surface area contributed by atoms with Gasteiger partial charge in [-0.25, -0.2) is 9.97 Å². The van der Waals surface area contributed by atoms with Crippen LogP contribution in [0.25, 0.3) is 22.1 Å². The molecule has 0 aliphatic carbocycles. The molecular weight excluding hydrogens is 354 g/mol. The van der Waals surface area contributed by atoms with Crippen molar-refractivity contribution in [1.29, 1.82) is 0 Å². The van der Waals surface area contributed by atoms with E-state index in [0.717, 1.165) is 53.3 Å². The van der Waals surface area contributed by atoms with Crippen LogP contribution in [0.1, 0.15) is 16.5 Å². The highest BCUT2D eigenvalue weighted by Crippen LogP contribution is 2.19. The summed E-state index contributed by atoms with van der Waals surface area (Å²) in [6, 6.07) is 20.6. The second kappa shape index (κ2) is 6.98. The lowest BCUT2D eigenvalue weighted by molar-refractivity contribution is 0.239. The van der Waals surface area contributed by atoms with Crippen molar-refractivity contribution < 1.29 is 0 Å². The molecule has 0 unspecified atom stereocenters. The van der Waals surface area contributed by atoms with Crippen LogP contribution >= 0.6 is 11.3 Å². The van der Waals surface area contributed by atoms with E-state index in [1.807, 2.05) is 36.4 Å². The van der Waals surface area contributed by atoms with Crippen molar-refractivity contribution >= 4 is 33.4 Å². The van der Waals surface area contributed by atoms with Gasteiger partial charge in [-0.05, 0) is 35.7 Å². The van der Waals surface area contributed by atoms with Gasteiger partial charge in [-0.15, -0.1) is 11.3 Å². The second-order valence-electron chi connectivity index (χ2n) is 6.63. The molecule has 0 saturated heterocycles. The van der Waals surface area contributed by atoms with E-state index in [1.165, 1.54) is 4.88 Å². The van der Waals surface area contributed by atoms with Crippen LogP contribution in [-0.4, -0.2) is 24.8 Å². The maximum Gasteiger partial charge on any atom is 0.121 e. The summed E-state index contributed by atoms with van der Waals surface area (Å²) < 4.78 is 0. The first-order valence-electron chi connectivity index (χ1n) is 8.95. The van der Waals surface area contributed by atoms with Crippen molar-refractivity contribution in [3.8, 4) is 0 Å². The van der Waals surface area contributed by atoms with Gasteiger partial charge in [0.1, 0.15) is 11.6 Å². The molecule has 3 heterocycles. The fourth-order valence-corrected chi connectivity index (χ4v) is 4.12. The van der Waals surface area contributed by atoms with E-state index in [4.69, 9.17) is 9.97 Å². The van der Waals surface area contributed by atoms with Crippen molar-refractivity contribution in [2.45, 2.75) is 19.6 Å². The van der Waals surface area contributed by atoms with Gasteiger partial charge in [0.2, 0.25) is 0 Å². The van der Waals surface area contributed by atoms with Crippen LogP contribution in [0.5, 0.6) is 0 Å². The number of hydrogen-bond donors (Lipinski definition) is 2. The molecule has 2 aromatic carbocycles. The summed E-state index contributed by atoms with van der Waals surface area (Å²) in [6.45, 7) is 2.35. The minimum Gasteiger partial charge on any atom is -0.341 e. The molecule has 0 fully saturated rings. The summed E-state index contributed by atoms with van der Waals surface area (Å²) in [5.74, 6) is 1.95. The second-order valence-corrected chi connectivity index (χ2v) is 7.66. The Kier molecular flexibility index (Phi) is 4.20. The number of para-hydroxylation sites is 4. The molecule has 5 aromatic rings. The summed E-state index contributed by atoms with van der Waals surface area (Å²) in [4.78, 5) is 20.1. The highest BCUT2D eigenvalue weighted by atomic mass is 32.1. The predicted molar refractivity (Wildman–Crippen MR) is 109 cm³/mol. The number of hydrogen-bond acceptors (Lipinski definition) is 4. The highest BCUT2D eigenvalue weighted by molar-refractivity contribution is 7.09. The molecule has 0 aliphatic rings. The number of benzene rings is 2. The molecule has 2 N–H and O–H groups in total. The number of aromatic nitrogens is 4. The highest BCUT2D eigenvalue weighted by Gasteiger charge is 2.14. The van der Waals surface area contributed by atoms with Crippen molar-refractivity contribution in [3.05, 3.63) is 82.6 Å². The minimum atomic E-state index is 0.740. The third-order valence-corrected chi connectivity index (χ3v) is 5.44. The molecule has 5 rings (SSSR count). The lowest BCUT2D eigenvalue weighted by atomic mass is 10.3. The first-order chi connectivity index (χ1) is 13.3. The van der Waals surface area contributed by atoms with Gasteiger partial charge < -0.3 is 9.97 Å². The van der Waals surface area contributed by atoms with Gasteiger partial charge in [-0.1, -0.05) is 30.3 Å². The van der Waals surface area contributed by atoms with E-state index < -0.39 is 0 Å². The average Bonchev–Trinajstić information content (AvgIpc) is 3.40. The van der Waals surface area contributed by atoms with Crippen LogP contribution in [0.4, 0.5) is 0 Å². The number of H-pyrrole nitrogens is 2. The Balaban J connectivity index is 1.42. The normalized spacial score (nSPS) is 11.7. The molecule has 27 heavy (non-hydrogen) atoms. The molecule has 6 heteroatoms. The van der Waals surface area contributed by atoms with E-state index in [-0.39, 0.29) is 0 Å². The number of rotatable bonds is 6. The van der Waals surface area contributed by atoms with Gasteiger partial charge in [0.05, 0.1) is 35.2 Å². The maximum atomic E-state index is 4.74. The van der Waals surface area contributed by atoms with Crippen molar-refractivity contribution in [1.82, 2.24) is 24.8 Å². The monoisotopic (exact) mass is 373 g/mol. The molecule has 134 valence electrons. The van der Waals surface area contributed by atoms with Crippen molar-refractivity contribution in [2.75, 3.05) is 0 Å². The predicted octanol–water partition coefficient (Wildman–Crippen LogP) is 4.70. The molecule has 0 bridgehead atoms. The largest absolute Gasteiger partial charge is 0.341 e. The van der Waals surface area contributed by atoms with Gasteiger partial charge in [0.15, 0.2) is 0 Å². The number of fused-ring (bicyclic) bond motifs is 2. The zero-order valence-electron chi connectivity index (χ0n) is 14.7. The molecule has 0 saturated carbocycles. The Hall–Kier alpha value is -2.96. The van der Waals surface area contributed by atoms with E-state index >= 15 is 0 Å². The summed E-state index contributed by atoms with van der Waals surface area (Å²) in [5.41, 5.74) is 4.17. The van der Waals surface area contributed by atoms with E-state index in [1.54, 1.807) is 11.3 Å². The third-order valence-electron chi connectivity index (χ3n) is 4.58. The Morgan fingerprint density at radius 1 is 0.704 bits per heavy atom. The SMILES string of the molecule is c1csc(CN(Cc2nc3ccccc3[nH]2)Cc2nc3ccccc3[nH]2)c1. The zero-order valence-corrected chi connectivity index (χ0v) is 15.5. The van der Waals surface area contributed by atoms with E-state index in [2.05, 4.69) is 44.5 Å². The number of thiophene rings is 1. The molecule has 0 atom stereocenters. The quantitative estimate of drug-likeness (QED) is 0.453. The van der Waals surface area contributed by atoms with E-state index in [9.17, 15) is 0 Å². The number of imidazole rings is 2. The van der Waals surface area contributed by atoms with E-state index in [0.29, 0.717) is 0 Å². The standard InChI is InChI=1S/C21H19N5S/c1-2-8-17-16(7-1)22-20(23-17)13-26(12-15-6-5-11-27-15)14-21-24-18-9-3-4-10-19(18)25-21/h1-11H,12-14H2,(H,22,23)(H,24,25). The Bertz CT molecular complexity index is 1030. The van der Waals surface area contributed by atoms with Gasteiger partial charge in [-0.3, -0.25) is 4.90 Å². The van der Waals surface area contributed by atoms with Gasteiger partial charge >= 0.3 is 0 Å². The molecule has 3 aromatic heterocycles. The van der Waals surface area contributed by atoms with Crippen LogP contribution in [-0.2, 0) is 19.6 Å². The molecule has 0 aliphatic heterocycles. The van der Waals surface area contributed by atoms with Crippen LogP contribution in [0, 0.1) is 0 Å². The lowest BCUT2D eigenvalue weighted by Gasteiger charge is -2.19. The van der Waals surface area contributed by atoms with Crippen LogP contribution in [0.2, 0.25) is 0 Å². The Morgan fingerprint density at radius 3 is 1.81 bits per heavy atom. The fraction of sp³-hybridized carbons (Fsp3) is 0.143. The fourth-order valence-electron chi connectivity index (χ4n) is 3.38. The summed E-state index contributed by atoms with van der Waals surface area (Å²) in [7, 11) is 0. The first kappa shape index (κ1) is 16.2. The number of aromatic amines is 2. The molecule has 5 nitrogen and oxygen atoms in total.